The van der Waals surface area contributed by atoms with Crippen LogP contribution in [0.15, 0.2) is 0 Å². The van der Waals surface area contributed by atoms with Crippen LogP contribution in [0, 0.1) is 0 Å². The number of nitrogens with two attached hydrogens (primary N) is 1. The molecule has 1 saturated heterocycles. The van der Waals surface area contributed by atoms with Crippen LogP contribution in [0.1, 0.15) is 33.1 Å². The van der Waals surface area contributed by atoms with Gasteiger partial charge in [0, 0.05) is 24.1 Å². The van der Waals surface area contributed by atoms with E-state index in [-0.39, 0.29) is 11.9 Å². The molecule has 1 fully saturated rings. The minimum absolute atomic E-state index is 0.149. The van der Waals surface area contributed by atoms with E-state index in [1.165, 1.54) is 0 Å². The number of hydrogen-bond donors (Lipinski definition) is 1. The Kier molecular flexibility index (Phi) is 5.47. The van der Waals surface area contributed by atoms with E-state index < -0.39 is 0 Å². The van der Waals surface area contributed by atoms with Crippen molar-refractivity contribution >= 4 is 17.7 Å². The van der Waals surface area contributed by atoms with Gasteiger partial charge in [-0.1, -0.05) is 20.3 Å². The molecule has 0 spiro atoms. The quantitative estimate of drug-likeness (QED) is 0.795. The highest BCUT2D eigenvalue weighted by atomic mass is 32.2. The Morgan fingerprint density at radius 3 is 2.93 bits per heavy atom. The van der Waals surface area contributed by atoms with Crippen LogP contribution in [0.25, 0.3) is 0 Å². The Morgan fingerprint density at radius 2 is 2.33 bits per heavy atom. The lowest BCUT2D eigenvalue weighted by molar-refractivity contribution is -0.132. The molecule has 0 aliphatic carbocycles. The van der Waals surface area contributed by atoms with Crippen molar-refractivity contribution in [3.63, 3.8) is 0 Å². The molecule has 0 radical (unpaired) electrons. The van der Waals surface area contributed by atoms with Gasteiger partial charge in [0.25, 0.3) is 0 Å². The van der Waals surface area contributed by atoms with Gasteiger partial charge < -0.3 is 10.6 Å². The van der Waals surface area contributed by atoms with Crippen LogP contribution in [-0.2, 0) is 4.79 Å². The van der Waals surface area contributed by atoms with Crippen LogP contribution in [-0.4, -0.2) is 40.9 Å². The van der Waals surface area contributed by atoms with Gasteiger partial charge in [-0.2, -0.15) is 11.8 Å². The fourth-order valence-corrected chi connectivity index (χ4v) is 3.02. The van der Waals surface area contributed by atoms with Gasteiger partial charge in [0.1, 0.15) is 0 Å². The summed E-state index contributed by atoms with van der Waals surface area (Å²) in [4.78, 5) is 13.9. The van der Waals surface area contributed by atoms with Crippen molar-refractivity contribution in [2.24, 2.45) is 5.73 Å². The molecular weight excluding hydrogens is 208 g/mol. The molecule has 15 heavy (non-hydrogen) atoms. The molecule has 0 aromatic heterocycles. The Balaban J connectivity index is 2.44. The summed E-state index contributed by atoms with van der Waals surface area (Å²) in [5.41, 5.74) is 5.85. The second-order valence-electron chi connectivity index (χ2n) is 4.08. The van der Waals surface area contributed by atoms with E-state index >= 15 is 0 Å². The normalized spacial score (nSPS) is 23.9. The zero-order chi connectivity index (χ0) is 11.3. The SMILES string of the molecule is CCC[C@H](N)C(=O)N1CCSC(CC)C1. The van der Waals surface area contributed by atoms with Crippen molar-refractivity contribution in [3.8, 4) is 0 Å². The number of thioether (sulfide) groups is 1. The lowest BCUT2D eigenvalue weighted by atomic mass is 10.1. The van der Waals surface area contributed by atoms with E-state index in [2.05, 4.69) is 13.8 Å². The van der Waals surface area contributed by atoms with E-state index in [9.17, 15) is 4.79 Å². The summed E-state index contributed by atoms with van der Waals surface area (Å²) in [6.45, 7) is 6.00. The zero-order valence-electron chi connectivity index (χ0n) is 9.74. The smallest absolute Gasteiger partial charge is 0.239 e. The van der Waals surface area contributed by atoms with Gasteiger partial charge in [-0.3, -0.25) is 4.79 Å². The molecule has 88 valence electrons. The number of rotatable bonds is 4. The van der Waals surface area contributed by atoms with Crippen molar-refractivity contribution in [1.29, 1.82) is 0 Å². The summed E-state index contributed by atoms with van der Waals surface area (Å²) >= 11 is 1.97. The minimum atomic E-state index is -0.282. The molecule has 0 bridgehead atoms. The van der Waals surface area contributed by atoms with Crippen LogP contribution in [0.2, 0.25) is 0 Å². The van der Waals surface area contributed by atoms with Crippen molar-refractivity contribution in [2.75, 3.05) is 18.8 Å². The third kappa shape index (κ3) is 3.68. The summed E-state index contributed by atoms with van der Waals surface area (Å²) in [7, 11) is 0. The van der Waals surface area contributed by atoms with Gasteiger partial charge >= 0.3 is 0 Å². The van der Waals surface area contributed by atoms with Gasteiger partial charge in [0.2, 0.25) is 5.91 Å². The van der Waals surface area contributed by atoms with Gasteiger partial charge in [-0.05, 0) is 12.8 Å². The van der Waals surface area contributed by atoms with Crippen molar-refractivity contribution in [3.05, 3.63) is 0 Å². The van der Waals surface area contributed by atoms with Crippen molar-refractivity contribution in [2.45, 2.75) is 44.4 Å². The van der Waals surface area contributed by atoms with Crippen LogP contribution < -0.4 is 5.73 Å². The molecule has 4 heteroatoms. The Morgan fingerprint density at radius 1 is 1.60 bits per heavy atom. The fraction of sp³-hybridized carbons (Fsp3) is 0.909. The third-order valence-electron chi connectivity index (χ3n) is 2.82. The predicted molar refractivity (Wildman–Crippen MR) is 66.0 cm³/mol. The van der Waals surface area contributed by atoms with Crippen LogP contribution in [0.3, 0.4) is 0 Å². The summed E-state index contributed by atoms with van der Waals surface area (Å²) in [6.07, 6.45) is 2.92. The first-order chi connectivity index (χ1) is 7.19. The van der Waals surface area contributed by atoms with Gasteiger partial charge in [-0.15, -0.1) is 0 Å². The molecule has 1 amide bonds. The van der Waals surface area contributed by atoms with Crippen LogP contribution in [0.5, 0.6) is 0 Å². The lowest BCUT2D eigenvalue weighted by Gasteiger charge is -2.33. The number of carbonyl (C=O) groups excluding carboxylic acids is 1. The van der Waals surface area contributed by atoms with Gasteiger partial charge in [-0.25, -0.2) is 0 Å². The number of amides is 1. The molecule has 0 saturated carbocycles. The second-order valence-corrected chi connectivity index (χ2v) is 5.49. The highest BCUT2D eigenvalue weighted by molar-refractivity contribution is 8.00. The Bertz CT molecular complexity index is 211. The maximum atomic E-state index is 11.9. The number of nitrogens with zero attached hydrogens (tertiary/aromatic N) is 1. The second kappa shape index (κ2) is 6.38. The molecule has 1 unspecified atom stereocenters. The van der Waals surface area contributed by atoms with Gasteiger partial charge in [0.15, 0.2) is 0 Å². The van der Waals surface area contributed by atoms with Crippen molar-refractivity contribution < 1.29 is 4.79 Å². The molecular formula is C11H22N2OS. The maximum absolute atomic E-state index is 11.9. The number of carbonyl (C=O) groups is 1. The topological polar surface area (TPSA) is 46.3 Å². The summed E-state index contributed by atoms with van der Waals surface area (Å²) in [5.74, 6) is 1.21. The standard InChI is InChI=1S/C11H22N2OS/c1-3-5-10(12)11(14)13-6-7-15-9(4-2)8-13/h9-10H,3-8,12H2,1-2H3/t9?,10-/m0/s1. The average Bonchev–Trinajstić information content (AvgIpc) is 2.28. The van der Waals surface area contributed by atoms with E-state index in [0.29, 0.717) is 5.25 Å². The third-order valence-corrected chi connectivity index (χ3v) is 4.19. The summed E-state index contributed by atoms with van der Waals surface area (Å²) < 4.78 is 0. The molecule has 2 N–H and O–H groups in total. The Hall–Kier alpha value is -0.220. The first kappa shape index (κ1) is 12.8. The number of hydrogen-bond acceptors (Lipinski definition) is 3. The van der Waals surface area contributed by atoms with E-state index in [1.54, 1.807) is 0 Å². The largest absolute Gasteiger partial charge is 0.339 e. The molecule has 1 rings (SSSR count). The predicted octanol–water partition coefficient (Wildman–Crippen LogP) is 1.47. The van der Waals surface area contributed by atoms with Crippen LogP contribution in [0.4, 0.5) is 0 Å². The Labute approximate surface area is 96.8 Å². The monoisotopic (exact) mass is 230 g/mol. The molecule has 1 aliphatic heterocycles. The van der Waals surface area contributed by atoms with Crippen molar-refractivity contribution in [1.82, 2.24) is 4.90 Å². The van der Waals surface area contributed by atoms with E-state index in [1.807, 2.05) is 16.7 Å². The summed E-state index contributed by atoms with van der Waals surface area (Å²) in [5, 5.41) is 0.608. The molecule has 0 aromatic rings. The average molecular weight is 230 g/mol. The van der Waals surface area contributed by atoms with Gasteiger partial charge in [0.05, 0.1) is 6.04 Å². The highest BCUT2D eigenvalue weighted by Crippen LogP contribution is 2.21. The fourth-order valence-electron chi connectivity index (χ4n) is 1.84. The minimum Gasteiger partial charge on any atom is -0.339 e. The summed E-state index contributed by atoms with van der Waals surface area (Å²) in [6, 6.07) is -0.282. The molecule has 1 heterocycles. The molecule has 1 aliphatic rings. The molecule has 3 nitrogen and oxygen atoms in total. The first-order valence-corrected chi connectivity index (χ1v) is 6.89. The maximum Gasteiger partial charge on any atom is 0.239 e. The molecule has 2 atom stereocenters. The zero-order valence-corrected chi connectivity index (χ0v) is 10.6. The lowest BCUT2D eigenvalue weighted by Crippen LogP contribution is -2.49. The first-order valence-electron chi connectivity index (χ1n) is 5.85. The van der Waals surface area contributed by atoms with E-state index in [4.69, 9.17) is 5.73 Å². The molecule has 0 aromatic carbocycles. The highest BCUT2D eigenvalue weighted by Gasteiger charge is 2.25. The van der Waals surface area contributed by atoms with E-state index in [0.717, 1.165) is 38.1 Å². The van der Waals surface area contributed by atoms with Crippen LogP contribution >= 0.6 is 11.8 Å².